The Morgan fingerprint density at radius 2 is 1.93 bits per heavy atom. The van der Waals surface area contributed by atoms with E-state index in [-0.39, 0.29) is 0 Å². The number of halogens is 2. The first-order valence-electron chi connectivity index (χ1n) is 4.10. The van der Waals surface area contributed by atoms with Crippen molar-refractivity contribution in [3.8, 4) is 0 Å². The van der Waals surface area contributed by atoms with Crippen LogP contribution in [0.4, 0.5) is 0 Å². The molecule has 0 spiro atoms. The summed E-state index contributed by atoms with van der Waals surface area (Å²) in [6.45, 7) is 3.88. The lowest BCUT2D eigenvalue weighted by Gasteiger charge is -2.07. The van der Waals surface area contributed by atoms with Crippen LogP contribution in [0.3, 0.4) is 0 Å². The quantitative estimate of drug-likeness (QED) is 0.793. The smallest absolute Gasteiger partial charge is 0.0660 e. The SMILES string of the molecule is C/C=C(/N)Sc1cc(Cl)c(Cl)cc1C. The summed E-state index contributed by atoms with van der Waals surface area (Å²) >= 11 is 13.3. The van der Waals surface area contributed by atoms with E-state index in [0.717, 1.165) is 15.5 Å². The average molecular weight is 248 g/mol. The van der Waals surface area contributed by atoms with Gasteiger partial charge >= 0.3 is 0 Å². The van der Waals surface area contributed by atoms with Gasteiger partial charge in [0.1, 0.15) is 0 Å². The summed E-state index contributed by atoms with van der Waals surface area (Å²) in [5.74, 6) is 0. The molecule has 0 saturated heterocycles. The van der Waals surface area contributed by atoms with Crippen LogP contribution in [0.5, 0.6) is 0 Å². The van der Waals surface area contributed by atoms with Crippen molar-refractivity contribution in [1.29, 1.82) is 0 Å². The normalized spacial score (nSPS) is 11.9. The fraction of sp³-hybridized carbons (Fsp3) is 0.200. The van der Waals surface area contributed by atoms with Gasteiger partial charge in [0.2, 0.25) is 0 Å². The molecule has 0 amide bonds. The molecule has 0 aliphatic rings. The Balaban J connectivity index is 3.04. The maximum atomic E-state index is 5.91. The molecule has 0 bridgehead atoms. The number of hydrogen-bond donors (Lipinski definition) is 1. The van der Waals surface area contributed by atoms with E-state index in [9.17, 15) is 0 Å². The molecule has 1 aromatic carbocycles. The molecule has 0 aliphatic carbocycles. The summed E-state index contributed by atoms with van der Waals surface area (Å²) in [5, 5.41) is 1.89. The monoisotopic (exact) mass is 247 g/mol. The Morgan fingerprint density at radius 3 is 2.50 bits per heavy atom. The van der Waals surface area contributed by atoms with E-state index >= 15 is 0 Å². The van der Waals surface area contributed by atoms with E-state index in [1.807, 2.05) is 32.1 Å². The largest absolute Gasteiger partial charge is 0.394 e. The summed E-state index contributed by atoms with van der Waals surface area (Å²) in [5.41, 5.74) is 6.79. The molecule has 0 radical (unpaired) electrons. The standard InChI is InChI=1S/C10H11Cl2NS/c1-3-10(13)14-9-5-8(12)7(11)4-6(9)2/h3-5H,13H2,1-2H3/b10-3-. The minimum absolute atomic E-state index is 0.559. The van der Waals surface area contributed by atoms with Gasteiger partial charge in [0.25, 0.3) is 0 Å². The molecule has 0 fully saturated rings. The Bertz CT molecular complexity index is 375. The third kappa shape index (κ3) is 2.84. The zero-order valence-corrected chi connectivity index (χ0v) is 10.3. The third-order valence-corrected chi connectivity index (χ3v) is 3.58. The highest BCUT2D eigenvalue weighted by Crippen LogP contribution is 2.33. The van der Waals surface area contributed by atoms with Gasteiger partial charge in [-0.25, -0.2) is 0 Å². The van der Waals surface area contributed by atoms with E-state index in [1.54, 1.807) is 0 Å². The third-order valence-electron chi connectivity index (χ3n) is 1.73. The predicted molar refractivity (Wildman–Crippen MR) is 65.0 cm³/mol. The number of rotatable bonds is 2. The van der Waals surface area contributed by atoms with Gasteiger partial charge in [-0.3, -0.25) is 0 Å². The second-order valence-corrected chi connectivity index (χ2v) is 4.75. The van der Waals surface area contributed by atoms with Crippen molar-refractivity contribution in [2.45, 2.75) is 18.7 Å². The van der Waals surface area contributed by atoms with Crippen molar-refractivity contribution in [2.24, 2.45) is 5.73 Å². The van der Waals surface area contributed by atoms with Gasteiger partial charge in [-0.1, -0.05) is 41.0 Å². The zero-order chi connectivity index (χ0) is 10.7. The number of thioether (sulfide) groups is 1. The maximum absolute atomic E-state index is 5.91. The second-order valence-electron chi connectivity index (χ2n) is 2.82. The number of allylic oxidation sites excluding steroid dienone is 1. The molecule has 0 aromatic heterocycles. The molecule has 0 saturated carbocycles. The fourth-order valence-electron chi connectivity index (χ4n) is 0.924. The summed E-state index contributed by atoms with van der Waals surface area (Å²) < 4.78 is 0. The Morgan fingerprint density at radius 1 is 1.36 bits per heavy atom. The van der Waals surface area contributed by atoms with Crippen LogP contribution in [0.15, 0.2) is 28.1 Å². The predicted octanol–water partition coefficient (Wildman–Crippen LogP) is 4.21. The number of nitrogens with two attached hydrogens (primary N) is 1. The molecule has 0 unspecified atom stereocenters. The first-order valence-corrected chi connectivity index (χ1v) is 5.67. The topological polar surface area (TPSA) is 26.0 Å². The van der Waals surface area contributed by atoms with Crippen LogP contribution in [-0.2, 0) is 0 Å². The molecule has 14 heavy (non-hydrogen) atoms. The molecule has 4 heteroatoms. The summed E-state index contributed by atoms with van der Waals surface area (Å²) in [6, 6.07) is 3.68. The Labute approximate surface area is 98.3 Å². The molecular weight excluding hydrogens is 237 g/mol. The van der Waals surface area contributed by atoms with Crippen LogP contribution < -0.4 is 5.73 Å². The van der Waals surface area contributed by atoms with Crippen molar-refractivity contribution < 1.29 is 0 Å². The maximum Gasteiger partial charge on any atom is 0.0660 e. The van der Waals surface area contributed by atoms with Gasteiger partial charge in [0.15, 0.2) is 0 Å². The van der Waals surface area contributed by atoms with E-state index in [1.165, 1.54) is 11.8 Å². The second kappa shape index (κ2) is 4.96. The van der Waals surface area contributed by atoms with E-state index in [4.69, 9.17) is 28.9 Å². The lowest BCUT2D eigenvalue weighted by Crippen LogP contribution is -1.91. The van der Waals surface area contributed by atoms with Crippen LogP contribution in [0.2, 0.25) is 10.0 Å². The van der Waals surface area contributed by atoms with E-state index < -0.39 is 0 Å². The minimum atomic E-state index is 0.559. The van der Waals surface area contributed by atoms with Crippen LogP contribution >= 0.6 is 35.0 Å². The van der Waals surface area contributed by atoms with E-state index in [0.29, 0.717) is 10.0 Å². The van der Waals surface area contributed by atoms with Crippen molar-refractivity contribution >= 4 is 35.0 Å². The van der Waals surface area contributed by atoms with Gasteiger partial charge in [-0.2, -0.15) is 0 Å². The summed E-state index contributed by atoms with van der Waals surface area (Å²) in [4.78, 5) is 1.04. The van der Waals surface area contributed by atoms with Crippen molar-refractivity contribution in [1.82, 2.24) is 0 Å². The highest BCUT2D eigenvalue weighted by Gasteiger charge is 2.05. The number of benzene rings is 1. The summed E-state index contributed by atoms with van der Waals surface area (Å²) in [7, 11) is 0. The Hall–Kier alpha value is -0.310. The van der Waals surface area contributed by atoms with Crippen molar-refractivity contribution in [3.05, 3.63) is 38.8 Å². The zero-order valence-electron chi connectivity index (χ0n) is 7.97. The lowest BCUT2D eigenvalue weighted by molar-refractivity contribution is 1.30. The number of hydrogen-bond acceptors (Lipinski definition) is 2. The molecule has 76 valence electrons. The Kier molecular flexibility index (Phi) is 4.17. The van der Waals surface area contributed by atoms with Gasteiger partial charge < -0.3 is 5.73 Å². The fourth-order valence-corrected chi connectivity index (χ4v) is 2.14. The average Bonchev–Trinajstić information content (AvgIpc) is 2.14. The molecule has 2 N–H and O–H groups in total. The van der Waals surface area contributed by atoms with E-state index in [2.05, 4.69) is 0 Å². The van der Waals surface area contributed by atoms with Gasteiger partial charge in [-0.15, -0.1) is 0 Å². The molecule has 0 aliphatic heterocycles. The van der Waals surface area contributed by atoms with Gasteiger partial charge in [0.05, 0.1) is 15.1 Å². The molecular formula is C10H11Cl2NS. The number of aryl methyl sites for hydroxylation is 1. The van der Waals surface area contributed by atoms with Crippen LogP contribution in [-0.4, -0.2) is 0 Å². The highest BCUT2D eigenvalue weighted by molar-refractivity contribution is 8.03. The highest BCUT2D eigenvalue weighted by atomic mass is 35.5. The first-order chi connectivity index (χ1) is 6.54. The summed E-state index contributed by atoms with van der Waals surface area (Å²) in [6.07, 6.45) is 1.85. The van der Waals surface area contributed by atoms with Crippen LogP contribution in [0, 0.1) is 6.92 Å². The van der Waals surface area contributed by atoms with Crippen molar-refractivity contribution in [3.63, 3.8) is 0 Å². The molecule has 0 heterocycles. The van der Waals surface area contributed by atoms with Crippen LogP contribution in [0.1, 0.15) is 12.5 Å². The van der Waals surface area contributed by atoms with Crippen LogP contribution in [0.25, 0.3) is 0 Å². The minimum Gasteiger partial charge on any atom is -0.394 e. The lowest BCUT2D eigenvalue weighted by atomic mass is 10.2. The van der Waals surface area contributed by atoms with Gasteiger partial charge in [0, 0.05) is 4.90 Å². The molecule has 0 atom stereocenters. The van der Waals surface area contributed by atoms with Gasteiger partial charge in [-0.05, 0) is 31.5 Å². The molecule has 1 rings (SSSR count). The molecule has 1 nitrogen and oxygen atoms in total. The first kappa shape index (κ1) is 11.8. The van der Waals surface area contributed by atoms with Crippen molar-refractivity contribution in [2.75, 3.05) is 0 Å². The molecule has 1 aromatic rings.